The number of furan rings is 1. The third-order valence-electron chi connectivity index (χ3n) is 4.57. The van der Waals surface area contributed by atoms with Crippen molar-refractivity contribution in [2.24, 2.45) is 0 Å². The van der Waals surface area contributed by atoms with Crippen LogP contribution in [0.15, 0.2) is 44.0 Å². The smallest absolute Gasteiger partial charge is 0.348 e. The Hall–Kier alpha value is -2.25. The average Bonchev–Trinajstić information content (AvgIpc) is 3.07. The van der Waals surface area contributed by atoms with Gasteiger partial charge in [-0.3, -0.25) is 0 Å². The Morgan fingerprint density at radius 1 is 1.00 bits per heavy atom. The normalized spacial score (nSPS) is 16.0. The standard InChI is InChI=1S/C19H14O5S2/c20-11-8-10(19-25-6-3-7-26-19)13-14-16(24-17(13)15(11)21)9-4-1-2-5-12(9)23-18(14)22/h1-2,4-5,8,19-21H,3,6-7H2. The lowest BCUT2D eigenvalue weighted by molar-refractivity contribution is 0.401. The molecule has 2 N–H and O–H groups in total. The van der Waals surface area contributed by atoms with Crippen LogP contribution in [0.5, 0.6) is 11.5 Å². The first-order valence-corrected chi connectivity index (χ1v) is 10.3. The number of phenols is 2. The second-order valence-electron chi connectivity index (χ2n) is 6.16. The molecule has 5 nitrogen and oxygen atoms in total. The highest BCUT2D eigenvalue weighted by atomic mass is 32.2. The lowest BCUT2D eigenvalue weighted by Crippen LogP contribution is -2.03. The molecular weight excluding hydrogens is 372 g/mol. The summed E-state index contributed by atoms with van der Waals surface area (Å²) in [5.74, 6) is 1.42. The number of rotatable bonds is 1. The summed E-state index contributed by atoms with van der Waals surface area (Å²) in [5, 5.41) is 22.1. The van der Waals surface area contributed by atoms with Crippen LogP contribution in [-0.2, 0) is 0 Å². The van der Waals surface area contributed by atoms with Gasteiger partial charge in [-0.25, -0.2) is 4.79 Å². The van der Waals surface area contributed by atoms with Gasteiger partial charge in [-0.05, 0) is 41.7 Å². The topological polar surface area (TPSA) is 83.8 Å². The van der Waals surface area contributed by atoms with Crippen molar-refractivity contribution in [3.63, 3.8) is 0 Å². The molecule has 5 rings (SSSR count). The molecule has 0 radical (unpaired) electrons. The Morgan fingerprint density at radius 2 is 1.77 bits per heavy atom. The molecule has 0 saturated carbocycles. The molecule has 1 saturated heterocycles. The molecule has 0 unspecified atom stereocenters. The molecule has 7 heteroatoms. The highest BCUT2D eigenvalue weighted by Crippen LogP contribution is 2.51. The van der Waals surface area contributed by atoms with Crippen LogP contribution in [0.1, 0.15) is 16.6 Å². The molecule has 26 heavy (non-hydrogen) atoms. The second-order valence-corrected chi connectivity index (χ2v) is 8.88. The molecule has 0 amide bonds. The minimum Gasteiger partial charge on any atom is -0.504 e. The fraction of sp³-hybridized carbons (Fsp3) is 0.211. The van der Waals surface area contributed by atoms with Gasteiger partial charge in [0.2, 0.25) is 5.75 Å². The monoisotopic (exact) mass is 386 g/mol. The van der Waals surface area contributed by atoms with Crippen molar-refractivity contribution in [3.05, 3.63) is 46.3 Å². The lowest BCUT2D eigenvalue weighted by atomic mass is 10.1. The maximum atomic E-state index is 12.7. The summed E-state index contributed by atoms with van der Waals surface area (Å²) in [6.07, 6.45) is 1.12. The van der Waals surface area contributed by atoms with E-state index in [0.29, 0.717) is 27.3 Å². The average molecular weight is 386 g/mol. The second kappa shape index (κ2) is 5.89. The summed E-state index contributed by atoms with van der Waals surface area (Å²) >= 11 is 3.53. The fourth-order valence-electron chi connectivity index (χ4n) is 3.41. The van der Waals surface area contributed by atoms with E-state index in [9.17, 15) is 15.0 Å². The number of aromatic hydroxyl groups is 2. The highest BCUT2D eigenvalue weighted by molar-refractivity contribution is 8.16. The van der Waals surface area contributed by atoms with Crippen LogP contribution in [0.4, 0.5) is 0 Å². The Morgan fingerprint density at radius 3 is 2.58 bits per heavy atom. The number of hydrogen-bond donors (Lipinski definition) is 2. The van der Waals surface area contributed by atoms with Crippen molar-refractivity contribution >= 4 is 56.4 Å². The minimum atomic E-state index is -0.505. The van der Waals surface area contributed by atoms with Crippen LogP contribution in [-0.4, -0.2) is 21.7 Å². The Kier molecular flexibility index (Phi) is 3.62. The predicted molar refractivity (Wildman–Crippen MR) is 105 cm³/mol. The van der Waals surface area contributed by atoms with E-state index in [-0.39, 0.29) is 21.7 Å². The van der Waals surface area contributed by atoms with E-state index in [1.807, 2.05) is 12.1 Å². The lowest BCUT2D eigenvalue weighted by Gasteiger charge is -2.22. The van der Waals surface area contributed by atoms with Gasteiger partial charge in [-0.1, -0.05) is 12.1 Å². The highest BCUT2D eigenvalue weighted by Gasteiger charge is 2.28. The first-order valence-electron chi connectivity index (χ1n) is 8.21. The molecule has 1 aliphatic rings. The molecule has 4 aromatic rings. The first-order chi connectivity index (χ1) is 12.6. The van der Waals surface area contributed by atoms with Gasteiger partial charge < -0.3 is 19.0 Å². The quantitative estimate of drug-likeness (QED) is 0.353. The summed E-state index contributed by atoms with van der Waals surface area (Å²) in [6.45, 7) is 0. The van der Waals surface area contributed by atoms with Crippen molar-refractivity contribution in [1.29, 1.82) is 0 Å². The summed E-state index contributed by atoms with van der Waals surface area (Å²) in [5.41, 5.74) is 1.21. The van der Waals surface area contributed by atoms with E-state index < -0.39 is 5.63 Å². The maximum absolute atomic E-state index is 12.7. The van der Waals surface area contributed by atoms with Gasteiger partial charge >= 0.3 is 5.63 Å². The number of benzene rings is 2. The third-order valence-corrected chi connectivity index (χ3v) is 7.54. The van der Waals surface area contributed by atoms with Gasteiger partial charge in [-0.15, -0.1) is 23.5 Å². The third kappa shape index (κ3) is 2.23. The Balaban J connectivity index is 1.97. The van der Waals surface area contributed by atoms with Crippen LogP contribution in [0.2, 0.25) is 0 Å². The fourth-order valence-corrected chi connectivity index (χ4v) is 6.34. The summed E-state index contributed by atoms with van der Waals surface area (Å²) in [6, 6.07) is 8.67. The van der Waals surface area contributed by atoms with Crippen molar-refractivity contribution in [3.8, 4) is 11.5 Å². The van der Waals surface area contributed by atoms with Gasteiger partial charge in [-0.2, -0.15) is 0 Å². The van der Waals surface area contributed by atoms with E-state index in [1.54, 1.807) is 35.7 Å². The van der Waals surface area contributed by atoms with Crippen LogP contribution >= 0.6 is 23.5 Å². The molecule has 0 spiro atoms. The zero-order chi connectivity index (χ0) is 17.8. The number of hydrogen-bond acceptors (Lipinski definition) is 7. The van der Waals surface area contributed by atoms with Crippen LogP contribution in [0, 0.1) is 0 Å². The van der Waals surface area contributed by atoms with Gasteiger partial charge in [0, 0.05) is 5.39 Å². The summed E-state index contributed by atoms with van der Waals surface area (Å²) in [4.78, 5) is 12.7. The molecule has 1 fully saturated rings. The molecule has 0 atom stereocenters. The van der Waals surface area contributed by atoms with Crippen molar-refractivity contribution in [2.45, 2.75) is 11.0 Å². The molecule has 2 aromatic heterocycles. The molecule has 1 aliphatic heterocycles. The zero-order valence-electron chi connectivity index (χ0n) is 13.5. The van der Waals surface area contributed by atoms with E-state index in [4.69, 9.17) is 8.83 Å². The Labute approximate surface area is 156 Å². The number of para-hydroxylation sites is 1. The molecule has 3 heterocycles. The molecule has 0 bridgehead atoms. The van der Waals surface area contributed by atoms with Crippen molar-refractivity contribution in [2.75, 3.05) is 11.5 Å². The maximum Gasteiger partial charge on any atom is 0.348 e. The van der Waals surface area contributed by atoms with E-state index in [0.717, 1.165) is 23.5 Å². The van der Waals surface area contributed by atoms with Crippen LogP contribution < -0.4 is 5.63 Å². The summed E-state index contributed by atoms with van der Waals surface area (Å²) in [7, 11) is 0. The SMILES string of the molecule is O=c1oc2ccccc2c2oc3c(O)c(O)cc(C4SCCCS4)c3c12. The molecular formula is C19H14O5S2. The molecule has 132 valence electrons. The minimum absolute atomic E-state index is 0.0596. The summed E-state index contributed by atoms with van der Waals surface area (Å²) < 4.78 is 11.4. The first kappa shape index (κ1) is 16.0. The van der Waals surface area contributed by atoms with Gasteiger partial charge in [0.25, 0.3) is 0 Å². The van der Waals surface area contributed by atoms with Crippen molar-refractivity contribution in [1.82, 2.24) is 0 Å². The number of phenolic OH excluding ortho intramolecular Hbond substituents is 2. The van der Waals surface area contributed by atoms with E-state index in [2.05, 4.69) is 0 Å². The molecule has 2 aromatic carbocycles. The predicted octanol–water partition coefficient (Wildman–Crippen LogP) is 4.97. The van der Waals surface area contributed by atoms with Crippen LogP contribution in [0.3, 0.4) is 0 Å². The van der Waals surface area contributed by atoms with Crippen LogP contribution in [0.25, 0.3) is 32.9 Å². The molecule has 0 aliphatic carbocycles. The number of fused-ring (bicyclic) bond motifs is 5. The Bertz CT molecular complexity index is 1220. The van der Waals surface area contributed by atoms with Gasteiger partial charge in [0.05, 0.1) is 9.97 Å². The van der Waals surface area contributed by atoms with E-state index >= 15 is 0 Å². The van der Waals surface area contributed by atoms with E-state index in [1.165, 1.54) is 6.07 Å². The zero-order valence-corrected chi connectivity index (χ0v) is 15.2. The largest absolute Gasteiger partial charge is 0.504 e. The van der Waals surface area contributed by atoms with Crippen molar-refractivity contribution < 1.29 is 19.0 Å². The van der Waals surface area contributed by atoms with Gasteiger partial charge in [0.15, 0.2) is 16.9 Å². The number of thioether (sulfide) groups is 2. The van der Waals surface area contributed by atoms with Gasteiger partial charge in [0.1, 0.15) is 11.0 Å².